The smallest absolute Gasteiger partial charge is 0.322 e. The predicted molar refractivity (Wildman–Crippen MR) is 110 cm³/mol. The van der Waals surface area contributed by atoms with Gasteiger partial charge in [-0.2, -0.15) is 0 Å². The number of hydrogen-bond donors (Lipinski definition) is 0. The van der Waals surface area contributed by atoms with Crippen molar-refractivity contribution in [2.24, 2.45) is 7.05 Å². The molecule has 3 aromatic rings. The molecule has 27 heavy (non-hydrogen) atoms. The molecule has 0 aliphatic rings. The fourth-order valence-corrected chi connectivity index (χ4v) is 3.24. The van der Waals surface area contributed by atoms with Crippen molar-refractivity contribution in [3.8, 4) is 0 Å². The molecule has 142 valence electrons. The maximum atomic E-state index is 12.9. The van der Waals surface area contributed by atoms with Gasteiger partial charge in [-0.1, -0.05) is 43.7 Å². The molecular formula is C20H23ClN4O2. The zero-order valence-electron chi connectivity index (χ0n) is 15.8. The molecule has 0 aliphatic heterocycles. The zero-order valence-corrected chi connectivity index (χ0v) is 16.5. The summed E-state index contributed by atoms with van der Waals surface area (Å²) >= 11 is 5.92. The van der Waals surface area contributed by atoms with E-state index in [-0.39, 0.29) is 11.2 Å². The van der Waals surface area contributed by atoms with Gasteiger partial charge in [-0.15, -0.1) is 0 Å². The summed E-state index contributed by atoms with van der Waals surface area (Å²) in [4.78, 5) is 30.2. The maximum absolute atomic E-state index is 12.9. The normalized spacial score (nSPS) is 11.7. The summed E-state index contributed by atoms with van der Waals surface area (Å²) in [5, 5.41) is 0.676. The average Bonchev–Trinajstić information content (AvgIpc) is 2.98. The Morgan fingerprint density at radius 1 is 1.00 bits per heavy atom. The highest BCUT2D eigenvalue weighted by Gasteiger charge is 2.18. The summed E-state index contributed by atoms with van der Waals surface area (Å²) < 4.78 is 4.67. The van der Waals surface area contributed by atoms with E-state index in [0.717, 1.165) is 12.0 Å². The Kier molecular flexibility index (Phi) is 5.65. The van der Waals surface area contributed by atoms with Gasteiger partial charge >= 0.3 is 5.69 Å². The highest BCUT2D eigenvalue weighted by Crippen LogP contribution is 2.15. The minimum Gasteiger partial charge on any atom is -0.322 e. The number of hydrogen-bond acceptors (Lipinski definition) is 3. The third-order valence-corrected chi connectivity index (χ3v) is 4.72. The average molecular weight is 387 g/mol. The Labute approximate surface area is 162 Å². The van der Waals surface area contributed by atoms with Crippen LogP contribution in [0.3, 0.4) is 0 Å². The standard InChI is InChI=1S/C20H23ClN4O2/c1-4-12-24-18-17(19(26)25(13-5-2)20(24)27)23(3)16(22-18)11-8-14-6-9-15(21)10-7-14/h6-11H,4-5,12-13H2,1-3H3. The van der Waals surface area contributed by atoms with Gasteiger partial charge < -0.3 is 4.57 Å². The van der Waals surface area contributed by atoms with E-state index in [1.54, 1.807) is 16.2 Å². The molecule has 1 aromatic carbocycles. The first-order valence-corrected chi connectivity index (χ1v) is 9.49. The largest absolute Gasteiger partial charge is 0.332 e. The topological polar surface area (TPSA) is 61.8 Å². The summed E-state index contributed by atoms with van der Waals surface area (Å²) in [7, 11) is 1.80. The second kappa shape index (κ2) is 7.96. The summed E-state index contributed by atoms with van der Waals surface area (Å²) in [6.07, 6.45) is 5.25. The first-order chi connectivity index (χ1) is 13.0. The monoisotopic (exact) mass is 386 g/mol. The lowest BCUT2D eigenvalue weighted by atomic mass is 10.2. The first kappa shape index (κ1) is 19.2. The Bertz CT molecular complexity index is 1100. The highest BCUT2D eigenvalue weighted by atomic mass is 35.5. The number of fused-ring (bicyclic) bond motifs is 1. The van der Waals surface area contributed by atoms with Gasteiger partial charge in [-0.25, -0.2) is 9.78 Å². The lowest BCUT2D eigenvalue weighted by Crippen LogP contribution is -2.40. The van der Waals surface area contributed by atoms with Gasteiger partial charge in [-0.05, 0) is 36.6 Å². The molecule has 0 N–H and O–H groups in total. The fraction of sp³-hybridized carbons (Fsp3) is 0.350. The van der Waals surface area contributed by atoms with Crippen molar-refractivity contribution in [2.45, 2.75) is 39.8 Å². The third-order valence-electron chi connectivity index (χ3n) is 4.47. The molecule has 0 saturated carbocycles. The molecule has 7 heteroatoms. The van der Waals surface area contributed by atoms with Gasteiger partial charge in [0, 0.05) is 25.2 Å². The van der Waals surface area contributed by atoms with E-state index in [2.05, 4.69) is 4.98 Å². The summed E-state index contributed by atoms with van der Waals surface area (Å²) in [5.74, 6) is 0.621. The second-order valence-electron chi connectivity index (χ2n) is 6.48. The lowest BCUT2D eigenvalue weighted by Gasteiger charge is -2.10. The van der Waals surface area contributed by atoms with Gasteiger partial charge in [0.15, 0.2) is 11.2 Å². The molecule has 0 bridgehead atoms. The highest BCUT2D eigenvalue weighted by molar-refractivity contribution is 6.30. The quantitative estimate of drug-likeness (QED) is 0.651. The van der Waals surface area contributed by atoms with Crippen LogP contribution in [-0.2, 0) is 20.1 Å². The maximum Gasteiger partial charge on any atom is 0.332 e. The summed E-state index contributed by atoms with van der Waals surface area (Å²) in [5.41, 5.74) is 1.29. The van der Waals surface area contributed by atoms with E-state index in [4.69, 9.17) is 11.6 Å². The second-order valence-corrected chi connectivity index (χ2v) is 6.91. The Morgan fingerprint density at radius 2 is 1.63 bits per heavy atom. The molecule has 6 nitrogen and oxygen atoms in total. The van der Waals surface area contributed by atoms with Crippen molar-refractivity contribution < 1.29 is 0 Å². The van der Waals surface area contributed by atoms with Gasteiger partial charge in [0.1, 0.15) is 5.82 Å². The van der Waals surface area contributed by atoms with Gasteiger partial charge in [0.05, 0.1) is 0 Å². The third kappa shape index (κ3) is 3.62. The molecule has 3 rings (SSSR count). The van der Waals surface area contributed by atoms with E-state index in [9.17, 15) is 9.59 Å². The first-order valence-electron chi connectivity index (χ1n) is 9.11. The number of aromatic nitrogens is 4. The molecule has 0 aliphatic carbocycles. The molecule has 0 amide bonds. The molecule has 0 fully saturated rings. The number of imidazole rings is 1. The van der Waals surface area contributed by atoms with Crippen LogP contribution in [-0.4, -0.2) is 18.7 Å². The van der Waals surface area contributed by atoms with Crippen molar-refractivity contribution in [2.75, 3.05) is 0 Å². The van der Waals surface area contributed by atoms with Crippen LogP contribution in [0.15, 0.2) is 33.9 Å². The van der Waals surface area contributed by atoms with Crippen molar-refractivity contribution in [1.29, 1.82) is 0 Å². The number of aryl methyl sites for hydroxylation is 2. The number of rotatable bonds is 6. The molecule has 0 radical (unpaired) electrons. The Hall–Kier alpha value is -2.60. The van der Waals surface area contributed by atoms with E-state index in [1.165, 1.54) is 4.57 Å². The van der Waals surface area contributed by atoms with Gasteiger partial charge in [0.25, 0.3) is 5.56 Å². The van der Waals surface area contributed by atoms with Gasteiger partial charge in [0.2, 0.25) is 0 Å². The molecule has 0 atom stereocenters. The minimum absolute atomic E-state index is 0.287. The minimum atomic E-state index is -0.289. The molecule has 0 spiro atoms. The lowest BCUT2D eigenvalue weighted by molar-refractivity contribution is 0.554. The van der Waals surface area contributed by atoms with Crippen LogP contribution in [0.5, 0.6) is 0 Å². The molecule has 2 heterocycles. The zero-order chi connectivity index (χ0) is 19.6. The van der Waals surface area contributed by atoms with Crippen LogP contribution in [0.4, 0.5) is 0 Å². The van der Waals surface area contributed by atoms with Gasteiger partial charge in [-0.3, -0.25) is 13.9 Å². The summed E-state index contributed by atoms with van der Waals surface area (Å²) in [6.45, 7) is 4.87. The van der Waals surface area contributed by atoms with E-state index in [1.807, 2.05) is 50.3 Å². The molecule has 0 unspecified atom stereocenters. The number of nitrogens with zero attached hydrogens (tertiary/aromatic N) is 4. The Morgan fingerprint density at radius 3 is 2.26 bits per heavy atom. The Balaban J connectivity index is 2.19. The number of benzene rings is 1. The molecule has 2 aromatic heterocycles. The summed E-state index contributed by atoms with van der Waals surface area (Å²) in [6, 6.07) is 7.45. The predicted octanol–water partition coefficient (Wildman–Crippen LogP) is 3.54. The van der Waals surface area contributed by atoms with Crippen molar-refractivity contribution in [1.82, 2.24) is 18.7 Å². The molecule has 0 saturated heterocycles. The fourth-order valence-electron chi connectivity index (χ4n) is 3.12. The van der Waals surface area contributed by atoms with Crippen LogP contribution in [0.2, 0.25) is 5.02 Å². The van der Waals surface area contributed by atoms with Crippen molar-refractivity contribution in [3.63, 3.8) is 0 Å². The van der Waals surface area contributed by atoms with Crippen LogP contribution in [0.1, 0.15) is 38.1 Å². The van der Waals surface area contributed by atoms with Crippen LogP contribution >= 0.6 is 11.6 Å². The van der Waals surface area contributed by atoms with E-state index < -0.39 is 0 Å². The number of halogens is 1. The molecular weight excluding hydrogens is 364 g/mol. The van der Waals surface area contributed by atoms with E-state index >= 15 is 0 Å². The van der Waals surface area contributed by atoms with E-state index in [0.29, 0.717) is 41.5 Å². The van der Waals surface area contributed by atoms with Crippen LogP contribution in [0, 0.1) is 0 Å². The van der Waals surface area contributed by atoms with Crippen LogP contribution < -0.4 is 11.2 Å². The SMILES string of the molecule is CCCn1c(=O)c2c(nc(C=Cc3ccc(Cl)cc3)n2C)n(CCC)c1=O. The van der Waals surface area contributed by atoms with Crippen molar-refractivity contribution >= 4 is 34.9 Å². The van der Waals surface area contributed by atoms with Crippen LogP contribution in [0.25, 0.3) is 23.3 Å². The van der Waals surface area contributed by atoms with Crippen molar-refractivity contribution in [3.05, 3.63) is 61.5 Å².